The van der Waals surface area contributed by atoms with E-state index < -0.39 is 0 Å². The van der Waals surface area contributed by atoms with Crippen LogP contribution in [-0.2, 0) is 4.74 Å². The zero-order valence-corrected chi connectivity index (χ0v) is 9.95. The van der Waals surface area contributed by atoms with E-state index >= 15 is 0 Å². The van der Waals surface area contributed by atoms with Gasteiger partial charge in [0.2, 0.25) is 5.88 Å². The van der Waals surface area contributed by atoms with Crippen molar-refractivity contribution in [3.63, 3.8) is 0 Å². The van der Waals surface area contributed by atoms with Gasteiger partial charge in [-0.2, -0.15) is 0 Å². The lowest BCUT2D eigenvalue weighted by Gasteiger charge is -2.08. The molecule has 0 saturated heterocycles. The summed E-state index contributed by atoms with van der Waals surface area (Å²) in [5, 5.41) is 0. The molecule has 0 radical (unpaired) electrons. The van der Waals surface area contributed by atoms with Crippen molar-refractivity contribution in [3.05, 3.63) is 23.4 Å². The number of nitrogens with zero attached hydrogens (tertiary/aromatic N) is 1. The average Bonchev–Trinajstić information content (AvgIpc) is 2.30. The lowest BCUT2D eigenvalue weighted by molar-refractivity contribution is 0.0600. The monoisotopic (exact) mass is 223 g/mol. The molecule has 4 heteroatoms. The van der Waals surface area contributed by atoms with E-state index in [4.69, 9.17) is 4.74 Å². The first-order valence-corrected chi connectivity index (χ1v) is 5.36. The van der Waals surface area contributed by atoms with Gasteiger partial charge in [-0.25, -0.2) is 9.78 Å². The predicted molar refractivity (Wildman–Crippen MR) is 60.7 cm³/mol. The van der Waals surface area contributed by atoms with Crippen LogP contribution >= 0.6 is 0 Å². The number of aromatic nitrogens is 1. The van der Waals surface area contributed by atoms with Crippen LogP contribution in [0.3, 0.4) is 0 Å². The van der Waals surface area contributed by atoms with Crippen LogP contribution in [0.15, 0.2) is 12.3 Å². The molecule has 1 aromatic heterocycles. The van der Waals surface area contributed by atoms with E-state index in [-0.39, 0.29) is 5.97 Å². The molecule has 0 atom stereocenters. The molecule has 4 nitrogen and oxygen atoms in total. The van der Waals surface area contributed by atoms with Gasteiger partial charge in [0.15, 0.2) is 0 Å². The Morgan fingerprint density at radius 1 is 1.50 bits per heavy atom. The Labute approximate surface area is 95.6 Å². The third-order valence-corrected chi connectivity index (χ3v) is 2.19. The molecule has 0 fully saturated rings. The van der Waals surface area contributed by atoms with E-state index in [9.17, 15) is 4.79 Å². The smallest absolute Gasteiger partial charge is 0.339 e. The summed E-state index contributed by atoms with van der Waals surface area (Å²) in [6.45, 7) is 4.62. The summed E-state index contributed by atoms with van der Waals surface area (Å²) in [4.78, 5) is 15.3. The number of esters is 1. The number of rotatable bonds is 5. The number of unbranched alkanes of at least 4 members (excludes halogenated alkanes) is 1. The van der Waals surface area contributed by atoms with Gasteiger partial charge in [-0.1, -0.05) is 13.3 Å². The molecule has 0 unspecified atom stereocenters. The molecule has 88 valence electrons. The van der Waals surface area contributed by atoms with Gasteiger partial charge in [0, 0.05) is 11.8 Å². The summed E-state index contributed by atoms with van der Waals surface area (Å²) in [6.07, 6.45) is 3.55. The maximum atomic E-state index is 11.2. The standard InChI is InChI=1S/C12H17NO3/c1-4-5-6-16-11-9(2)7-10(8-13-11)12(14)15-3/h7-8H,4-6H2,1-3H3. The molecule has 1 heterocycles. The highest BCUT2D eigenvalue weighted by Gasteiger charge is 2.09. The molecule has 0 aliphatic carbocycles. The zero-order chi connectivity index (χ0) is 12.0. The summed E-state index contributed by atoms with van der Waals surface area (Å²) in [6, 6.07) is 1.72. The number of hydrogen-bond donors (Lipinski definition) is 0. The van der Waals surface area contributed by atoms with Crippen molar-refractivity contribution in [2.75, 3.05) is 13.7 Å². The van der Waals surface area contributed by atoms with E-state index in [1.165, 1.54) is 13.3 Å². The minimum absolute atomic E-state index is 0.379. The molecule has 16 heavy (non-hydrogen) atoms. The maximum Gasteiger partial charge on any atom is 0.339 e. The molecule has 0 aromatic carbocycles. The highest BCUT2D eigenvalue weighted by molar-refractivity contribution is 5.89. The van der Waals surface area contributed by atoms with E-state index in [2.05, 4.69) is 16.6 Å². The lowest BCUT2D eigenvalue weighted by atomic mass is 10.2. The summed E-state index contributed by atoms with van der Waals surface area (Å²) in [7, 11) is 1.35. The Morgan fingerprint density at radius 3 is 2.81 bits per heavy atom. The SMILES string of the molecule is CCCCOc1ncc(C(=O)OC)cc1C. The summed E-state index contributed by atoms with van der Waals surface area (Å²) >= 11 is 0. The topological polar surface area (TPSA) is 48.4 Å². The predicted octanol–water partition coefficient (Wildman–Crippen LogP) is 2.36. The number of methoxy groups -OCH3 is 1. The van der Waals surface area contributed by atoms with E-state index in [1.54, 1.807) is 6.07 Å². The van der Waals surface area contributed by atoms with Crippen molar-refractivity contribution < 1.29 is 14.3 Å². The van der Waals surface area contributed by atoms with Gasteiger partial charge in [0.05, 0.1) is 19.3 Å². The first-order chi connectivity index (χ1) is 7.69. The van der Waals surface area contributed by atoms with E-state index in [0.717, 1.165) is 18.4 Å². The number of pyridine rings is 1. The van der Waals surface area contributed by atoms with E-state index in [0.29, 0.717) is 18.1 Å². The quantitative estimate of drug-likeness (QED) is 0.568. The van der Waals surface area contributed by atoms with Crippen molar-refractivity contribution >= 4 is 5.97 Å². The Balaban J connectivity index is 2.71. The number of hydrogen-bond acceptors (Lipinski definition) is 4. The maximum absolute atomic E-state index is 11.2. The second-order valence-electron chi connectivity index (χ2n) is 3.54. The molecule has 1 aromatic rings. The Morgan fingerprint density at radius 2 is 2.25 bits per heavy atom. The fourth-order valence-corrected chi connectivity index (χ4v) is 1.26. The van der Waals surface area contributed by atoms with Crippen LogP contribution in [-0.4, -0.2) is 24.7 Å². The van der Waals surface area contributed by atoms with Crippen LogP contribution in [0.1, 0.15) is 35.7 Å². The van der Waals surface area contributed by atoms with Crippen molar-refractivity contribution in [3.8, 4) is 5.88 Å². The first-order valence-electron chi connectivity index (χ1n) is 5.36. The van der Waals surface area contributed by atoms with Gasteiger partial charge < -0.3 is 9.47 Å². The molecule has 0 spiro atoms. The van der Waals surface area contributed by atoms with Crippen LogP contribution < -0.4 is 4.74 Å². The largest absolute Gasteiger partial charge is 0.477 e. The zero-order valence-electron chi connectivity index (χ0n) is 9.95. The average molecular weight is 223 g/mol. The highest BCUT2D eigenvalue weighted by Crippen LogP contribution is 2.16. The van der Waals surface area contributed by atoms with Crippen molar-refractivity contribution in [2.45, 2.75) is 26.7 Å². The van der Waals surface area contributed by atoms with E-state index in [1.807, 2.05) is 6.92 Å². The van der Waals surface area contributed by atoms with Crippen LogP contribution in [0.5, 0.6) is 5.88 Å². The number of aryl methyl sites for hydroxylation is 1. The summed E-state index contributed by atoms with van der Waals surface area (Å²) in [5.41, 5.74) is 1.29. The highest BCUT2D eigenvalue weighted by atomic mass is 16.5. The molecular weight excluding hydrogens is 206 g/mol. The summed E-state index contributed by atoms with van der Waals surface area (Å²) < 4.78 is 10.1. The third-order valence-electron chi connectivity index (χ3n) is 2.19. The molecule has 0 aliphatic heterocycles. The first kappa shape index (κ1) is 12.5. The summed E-state index contributed by atoms with van der Waals surface area (Å²) in [5.74, 6) is 0.205. The van der Waals surface area contributed by atoms with Crippen molar-refractivity contribution in [1.82, 2.24) is 4.98 Å². The molecule has 0 bridgehead atoms. The van der Waals surface area contributed by atoms with Gasteiger partial charge in [-0.05, 0) is 19.4 Å². The number of ether oxygens (including phenoxy) is 2. The normalized spacial score (nSPS) is 9.94. The number of carbonyl (C=O) groups is 1. The van der Waals surface area contributed by atoms with Crippen molar-refractivity contribution in [1.29, 1.82) is 0 Å². The van der Waals surface area contributed by atoms with Crippen LogP contribution in [0.25, 0.3) is 0 Å². The number of carbonyl (C=O) groups excluding carboxylic acids is 1. The minimum Gasteiger partial charge on any atom is -0.477 e. The third kappa shape index (κ3) is 3.22. The van der Waals surface area contributed by atoms with Gasteiger partial charge >= 0.3 is 5.97 Å². The van der Waals surface area contributed by atoms with Crippen LogP contribution in [0, 0.1) is 6.92 Å². The Bertz CT molecular complexity index is 363. The lowest BCUT2D eigenvalue weighted by Crippen LogP contribution is -2.05. The molecule has 1 rings (SSSR count). The Kier molecular flexibility index (Phi) is 4.76. The molecular formula is C12H17NO3. The Hall–Kier alpha value is -1.58. The van der Waals surface area contributed by atoms with Gasteiger partial charge in [-0.3, -0.25) is 0 Å². The van der Waals surface area contributed by atoms with Gasteiger partial charge in [-0.15, -0.1) is 0 Å². The molecule has 0 N–H and O–H groups in total. The van der Waals surface area contributed by atoms with Crippen LogP contribution in [0.4, 0.5) is 0 Å². The fraction of sp³-hybridized carbons (Fsp3) is 0.500. The fourth-order valence-electron chi connectivity index (χ4n) is 1.26. The molecule has 0 aliphatic rings. The second-order valence-corrected chi connectivity index (χ2v) is 3.54. The molecule has 0 amide bonds. The van der Waals surface area contributed by atoms with Gasteiger partial charge in [0.25, 0.3) is 0 Å². The second kappa shape index (κ2) is 6.10. The van der Waals surface area contributed by atoms with Gasteiger partial charge in [0.1, 0.15) is 0 Å². The molecule has 0 saturated carbocycles. The van der Waals surface area contributed by atoms with Crippen LogP contribution in [0.2, 0.25) is 0 Å². The minimum atomic E-state index is -0.379. The van der Waals surface area contributed by atoms with Crippen molar-refractivity contribution in [2.24, 2.45) is 0 Å².